The Bertz CT molecular complexity index is 532. The molecule has 17 heavy (non-hydrogen) atoms. The van der Waals surface area contributed by atoms with Crippen molar-refractivity contribution in [3.63, 3.8) is 0 Å². The number of hydrogen-bond donors (Lipinski definition) is 1. The van der Waals surface area contributed by atoms with Crippen LogP contribution in [0.15, 0.2) is 48.5 Å². The number of ether oxygens (including phenoxy) is 1. The first kappa shape index (κ1) is 11.2. The van der Waals surface area contributed by atoms with Crippen LogP contribution >= 0.6 is 0 Å². The van der Waals surface area contributed by atoms with E-state index in [0.29, 0.717) is 11.3 Å². The Hall–Kier alpha value is -2.29. The predicted molar refractivity (Wildman–Crippen MR) is 65.4 cm³/mol. The number of carboxylic acid groups (broad SMARTS) is 1. The second-order valence-electron chi connectivity index (χ2n) is 3.58. The van der Waals surface area contributed by atoms with E-state index in [4.69, 9.17) is 4.74 Å². The van der Waals surface area contributed by atoms with E-state index in [1.54, 1.807) is 12.1 Å². The van der Waals surface area contributed by atoms with E-state index in [0.717, 1.165) is 5.56 Å². The van der Waals surface area contributed by atoms with Crippen LogP contribution in [-0.2, 0) is 0 Å². The van der Waals surface area contributed by atoms with E-state index in [1.807, 2.05) is 30.3 Å². The summed E-state index contributed by atoms with van der Waals surface area (Å²) < 4.78 is 5.03. The Morgan fingerprint density at radius 2 is 1.82 bits per heavy atom. The van der Waals surface area contributed by atoms with Gasteiger partial charge in [-0.1, -0.05) is 30.3 Å². The summed E-state index contributed by atoms with van der Waals surface area (Å²) in [5.41, 5.74) is 1.82. The molecular formula is C14H12O3. The zero-order valence-corrected chi connectivity index (χ0v) is 9.38. The molecule has 0 aliphatic carbocycles. The molecule has 2 rings (SSSR count). The van der Waals surface area contributed by atoms with Crippen molar-refractivity contribution >= 4 is 5.97 Å². The molecule has 3 heteroatoms. The average Bonchev–Trinajstić information content (AvgIpc) is 2.39. The maximum absolute atomic E-state index is 11.2. The van der Waals surface area contributed by atoms with Gasteiger partial charge in [-0.3, -0.25) is 0 Å². The Kier molecular flexibility index (Phi) is 3.10. The number of carbonyl (C=O) groups is 1. The lowest BCUT2D eigenvalue weighted by Gasteiger charge is -2.08. The minimum atomic E-state index is -0.956. The van der Waals surface area contributed by atoms with Gasteiger partial charge in [0, 0.05) is 0 Å². The van der Waals surface area contributed by atoms with Gasteiger partial charge in [0.15, 0.2) is 0 Å². The van der Waals surface area contributed by atoms with E-state index in [9.17, 15) is 9.90 Å². The molecule has 0 unspecified atom stereocenters. The molecule has 0 spiro atoms. The van der Waals surface area contributed by atoms with Crippen LogP contribution in [0.25, 0.3) is 11.1 Å². The molecule has 0 saturated heterocycles. The van der Waals surface area contributed by atoms with Crippen LogP contribution in [0.3, 0.4) is 0 Å². The van der Waals surface area contributed by atoms with Crippen molar-refractivity contribution in [2.75, 3.05) is 7.11 Å². The second kappa shape index (κ2) is 4.70. The molecular weight excluding hydrogens is 216 g/mol. The smallest absolute Gasteiger partial charge is 0.336 e. The summed E-state index contributed by atoms with van der Waals surface area (Å²) in [6.07, 6.45) is 0. The van der Waals surface area contributed by atoms with Gasteiger partial charge in [-0.2, -0.15) is 0 Å². The lowest BCUT2D eigenvalue weighted by molar-refractivity contribution is 0.0697. The van der Waals surface area contributed by atoms with Gasteiger partial charge in [0.25, 0.3) is 0 Å². The van der Waals surface area contributed by atoms with Crippen molar-refractivity contribution in [1.29, 1.82) is 0 Å². The van der Waals surface area contributed by atoms with Gasteiger partial charge in [0.1, 0.15) is 5.75 Å². The van der Waals surface area contributed by atoms with Gasteiger partial charge in [-0.25, -0.2) is 4.79 Å². The molecule has 0 saturated carbocycles. The third-order valence-electron chi connectivity index (χ3n) is 2.54. The van der Waals surface area contributed by atoms with Crippen molar-refractivity contribution in [3.8, 4) is 16.9 Å². The van der Waals surface area contributed by atoms with Gasteiger partial charge >= 0.3 is 5.97 Å². The summed E-state index contributed by atoms with van der Waals surface area (Å²) in [7, 11) is 1.52. The normalized spacial score (nSPS) is 9.94. The highest BCUT2D eigenvalue weighted by atomic mass is 16.5. The van der Waals surface area contributed by atoms with Crippen LogP contribution in [0.2, 0.25) is 0 Å². The maximum atomic E-state index is 11.2. The van der Waals surface area contributed by atoms with E-state index >= 15 is 0 Å². The van der Waals surface area contributed by atoms with Crippen LogP contribution in [0.4, 0.5) is 0 Å². The fraction of sp³-hybridized carbons (Fsp3) is 0.0714. The van der Waals surface area contributed by atoms with Gasteiger partial charge in [-0.05, 0) is 29.3 Å². The highest BCUT2D eigenvalue weighted by Gasteiger charge is 2.12. The quantitative estimate of drug-likeness (QED) is 0.878. The number of carboxylic acids is 1. The first-order chi connectivity index (χ1) is 8.22. The number of aromatic carboxylic acids is 1. The Morgan fingerprint density at radius 3 is 2.41 bits per heavy atom. The fourth-order valence-corrected chi connectivity index (χ4v) is 1.70. The van der Waals surface area contributed by atoms with Crippen molar-refractivity contribution in [3.05, 3.63) is 54.1 Å². The Morgan fingerprint density at radius 1 is 1.12 bits per heavy atom. The zero-order chi connectivity index (χ0) is 12.3. The zero-order valence-electron chi connectivity index (χ0n) is 9.38. The van der Waals surface area contributed by atoms with E-state index in [1.165, 1.54) is 13.2 Å². The van der Waals surface area contributed by atoms with E-state index < -0.39 is 5.97 Å². The molecule has 0 amide bonds. The summed E-state index contributed by atoms with van der Waals surface area (Å²) in [5, 5.41) is 9.19. The molecule has 0 fully saturated rings. The summed E-state index contributed by atoms with van der Waals surface area (Å²) in [4.78, 5) is 11.2. The predicted octanol–water partition coefficient (Wildman–Crippen LogP) is 3.06. The van der Waals surface area contributed by atoms with Crippen molar-refractivity contribution in [2.45, 2.75) is 0 Å². The third kappa shape index (κ3) is 2.28. The minimum absolute atomic E-state index is 0.246. The van der Waals surface area contributed by atoms with Crippen molar-refractivity contribution in [1.82, 2.24) is 0 Å². The maximum Gasteiger partial charge on any atom is 0.336 e. The first-order valence-electron chi connectivity index (χ1n) is 5.19. The fourth-order valence-electron chi connectivity index (χ4n) is 1.70. The van der Waals surface area contributed by atoms with E-state index in [-0.39, 0.29) is 5.56 Å². The summed E-state index contributed by atoms with van der Waals surface area (Å²) in [5.74, 6) is -0.412. The molecule has 0 aliphatic rings. The SMILES string of the molecule is COc1ccc(-c2ccccc2)c(C(=O)O)c1. The van der Waals surface area contributed by atoms with Gasteiger partial charge in [0.05, 0.1) is 12.7 Å². The van der Waals surface area contributed by atoms with Crippen molar-refractivity contribution < 1.29 is 14.6 Å². The van der Waals surface area contributed by atoms with Gasteiger partial charge in [0.2, 0.25) is 0 Å². The highest BCUT2D eigenvalue weighted by molar-refractivity contribution is 5.96. The highest BCUT2D eigenvalue weighted by Crippen LogP contribution is 2.27. The molecule has 0 aromatic heterocycles. The second-order valence-corrected chi connectivity index (χ2v) is 3.58. The van der Waals surface area contributed by atoms with Crippen molar-refractivity contribution in [2.24, 2.45) is 0 Å². The molecule has 3 nitrogen and oxygen atoms in total. The van der Waals surface area contributed by atoms with E-state index in [2.05, 4.69) is 0 Å². The third-order valence-corrected chi connectivity index (χ3v) is 2.54. The number of methoxy groups -OCH3 is 1. The van der Waals surface area contributed by atoms with Crippen LogP contribution in [-0.4, -0.2) is 18.2 Å². The molecule has 2 aromatic carbocycles. The summed E-state index contributed by atoms with van der Waals surface area (Å²) in [6, 6.07) is 14.5. The van der Waals surface area contributed by atoms with Crippen LogP contribution in [0, 0.1) is 0 Å². The summed E-state index contributed by atoms with van der Waals surface area (Å²) in [6.45, 7) is 0. The van der Waals surface area contributed by atoms with Crippen LogP contribution in [0.5, 0.6) is 5.75 Å². The van der Waals surface area contributed by atoms with Crippen LogP contribution < -0.4 is 4.74 Å². The minimum Gasteiger partial charge on any atom is -0.497 e. The lowest BCUT2D eigenvalue weighted by Crippen LogP contribution is -2.00. The molecule has 86 valence electrons. The molecule has 0 bridgehead atoms. The molecule has 0 radical (unpaired) electrons. The standard InChI is InChI=1S/C14H12O3/c1-17-11-7-8-12(13(9-11)14(15)16)10-5-3-2-4-6-10/h2-9H,1H3,(H,15,16). The first-order valence-corrected chi connectivity index (χ1v) is 5.19. The topological polar surface area (TPSA) is 46.5 Å². The largest absolute Gasteiger partial charge is 0.497 e. The number of benzene rings is 2. The monoisotopic (exact) mass is 228 g/mol. The Labute approximate surface area is 99.3 Å². The lowest BCUT2D eigenvalue weighted by atomic mass is 9.99. The molecule has 1 N–H and O–H groups in total. The van der Waals surface area contributed by atoms with Gasteiger partial charge < -0.3 is 9.84 Å². The number of hydrogen-bond acceptors (Lipinski definition) is 2. The van der Waals surface area contributed by atoms with Gasteiger partial charge in [-0.15, -0.1) is 0 Å². The molecule has 0 aliphatic heterocycles. The molecule has 0 heterocycles. The summed E-state index contributed by atoms with van der Waals surface area (Å²) >= 11 is 0. The molecule has 0 atom stereocenters. The van der Waals surface area contributed by atoms with Crippen LogP contribution in [0.1, 0.15) is 10.4 Å². The number of rotatable bonds is 3. The molecule has 2 aromatic rings. The average molecular weight is 228 g/mol. The Balaban J connectivity index is 2.58.